The van der Waals surface area contributed by atoms with Gasteiger partial charge in [-0.3, -0.25) is 9.59 Å². The van der Waals surface area contributed by atoms with Crippen molar-refractivity contribution in [3.8, 4) is 0 Å². The van der Waals surface area contributed by atoms with Crippen molar-refractivity contribution in [2.75, 3.05) is 11.1 Å². The maximum absolute atomic E-state index is 12.9. The van der Waals surface area contributed by atoms with Crippen LogP contribution in [0.2, 0.25) is 0 Å². The Bertz CT molecular complexity index is 958. The number of aryl methyl sites for hydroxylation is 1. The lowest BCUT2D eigenvalue weighted by atomic mass is 10.2. The summed E-state index contributed by atoms with van der Waals surface area (Å²) in [6.07, 6.45) is 0. The molecule has 0 aliphatic rings. The van der Waals surface area contributed by atoms with E-state index in [9.17, 15) is 14.0 Å². The van der Waals surface area contributed by atoms with E-state index in [1.54, 1.807) is 0 Å². The zero-order valence-corrected chi connectivity index (χ0v) is 15.8. The van der Waals surface area contributed by atoms with Gasteiger partial charge in [0.1, 0.15) is 5.82 Å². The zero-order chi connectivity index (χ0) is 19.9. The average Bonchev–Trinajstić information content (AvgIpc) is 3.15. The van der Waals surface area contributed by atoms with Gasteiger partial charge in [0.2, 0.25) is 11.8 Å². The third kappa shape index (κ3) is 5.65. The Morgan fingerprint density at radius 2 is 1.79 bits per heavy atom. The van der Waals surface area contributed by atoms with Crippen LogP contribution in [0, 0.1) is 12.7 Å². The van der Waals surface area contributed by atoms with E-state index in [1.807, 2.05) is 31.2 Å². The topological polar surface area (TPSA) is 97.1 Å². The Morgan fingerprint density at radius 3 is 2.50 bits per heavy atom. The molecule has 0 bridgehead atoms. The molecule has 0 spiro atoms. The van der Waals surface area contributed by atoms with Crippen molar-refractivity contribution in [2.45, 2.75) is 18.7 Å². The number of aromatic nitrogens is 2. The minimum absolute atomic E-state index is 0.0271. The summed E-state index contributed by atoms with van der Waals surface area (Å²) < 4.78 is 18.3. The number of halogens is 1. The molecular weight excluding hydrogens is 383 g/mol. The van der Waals surface area contributed by atoms with Crippen LogP contribution in [0.3, 0.4) is 0 Å². The second kappa shape index (κ2) is 9.14. The van der Waals surface area contributed by atoms with E-state index in [-0.39, 0.29) is 35.2 Å². The van der Waals surface area contributed by atoms with E-state index in [2.05, 4.69) is 20.8 Å². The third-order valence-electron chi connectivity index (χ3n) is 3.62. The lowest BCUT2D eigenvalue weighted by molar-refractivity contribution is -0.113. The maximum atomic E-state index is 12.9. The molecular formula is C19H17FN4O3S. The van der Waals surface area contributed by atoms with Gasteiger partial charge in [-0.25, -0.2) is 4.39 Å². The molecule has 0 fully saturated rings. The molecule has 0 atom stereocenters. The summed E-state index contributed by atoms with van der Waals surface area (Å²) in [6, 6.07) is 12.6. The Balaban J connectivity index is 1.44. The van der Waals surface area contributed by atoms with Crippen LogP contribution in [-0.4, -0.2) is 27.8 Å². The van der Waals surface area contributed by atoms with Crippen LogP contribution >= 0.6 is 11.8 Å². The first-order valence-electron chi connectivity index (χ1n) is 8.35. The highest BCUT2D eigenvalue weighted by molar-refractivity contribution is 7.99. The van der Waals surface area contributed by atoms with Crippen LogP contribution in [0.25, 0.3) is 0 Å². The van der Waals surface area contributed by atoms with Crippen molar-refractivity contribution < 1.29 is 18.4 Å². The smallest absolute Gasteiger partial charge is 0.277 e. The fraction of sp³-hybridized carbons (Fsp3) is 0.158. The fourth-order valence-corrected chi connectivity index (χ4v) is 2.77. The molecule has 1 aromatic heterocycles. The number of amides is 2. The normalized spacial score (nSPS) is 10.5. The summed E-state index contributed by atoms with van der Waals surface area (Å²) in [6.45, 7) is 2.00. The van der Waals surface area contributed by atoms with Crippen molar-refractivity contribution in [3.05, 3.63) is 71.4 Å². The number of thioether (sulfide) groups is 1. The van der Waals surface area contributed by atoms with E-state index in [4.69, 9.17) is 4.42 Å². The summed E-state index contributed by atoms with van der Waals surface area (Å²) >= 11 is 1.10. The summed E-state index contributed by atoms with van der Waals surface area (Å²) in [5, 5.41) is 13.3. The maximum Gasteiger partial charge on any atom is 0.277 e. The highest BCUT2D eigenvalue weighted by atomic mass is 32.2. The first-order valence-corrected chi connectivity index (χ1v) is 9.33. The average molecular weight is 400 g/mol. The molecule has 0 saturated heterocycles. The van der Waals surface area contributed by atoms with Gasteiger partial charge in [-0.15, -0.1) is 10.2 Å². The third-order valence-corrected chi connectivity index (χ3v) is 4.44. The van der Waals surface area contributed by atoms with Gasteiger partial charge in [0, 0.05) is 11.3 Å². The van der Waals surface area contributed by atoms with Gasteiger partial charge in [-0.2, -0.15) is 0 Å². The molecule has 2 aromatic carbocycles. The minimum atomic E-state index is -0.415. The summed E-state index contributed by atoms with van der Waals surface area (Å²) in [7, 11) is 0. The van der Waals surface area contributed by atoms with Gasteiger partial charge < -0.3 is 15.1 Å². The molecule has 7 nitrogen and oxygen atoms in total. The lowest BCUT2D eigenvalue weighted by Gasteiger charge is -2.04. The van der Waals surface area contributed by atoms with Crippen molar-refractivity contribution >= 4 is 29.3 Å². The number of carbonyl (C=O) groups excluding carboxylic acids is 2. The number of hydrogen-bond donors (Lipinski definition) is 2. The predicted octanol–water partition coefficient (Wildman–Crippen LogP) is 3.18. The summed E-state index contributed by atoms with van der Waals surface area (Å²) in [5.41, 5.74) is 2.14. The number of carbonyl (C=O) groups is 2. The number of benzene rings is 2. The first kappa shape index (κ1) is 19.6. The Kier molecular flexibility index (Phi) is 6.38. The van der Waals surface area contributed by atoms with Gasteiger partial charge in [-0.05, 0) is 43.3 Å². The number of rotatable bonds is 7. The number of nitrogens with zero attached hydrogens (tertiary/aromatic N) is 2. The second-order valence-electron chi connectivity index (χ2n) is 5.85. The molecule has 2 amide bonds. The number of anilines is 1. The number of nitrogens with one attached hydrogen (secondary N) is 2. The van der Waals surface area contributed by atoms with E-state index < -0.39 is 5.82 Å². The van der Waals surface area contributed by atoms with Crippen molar-refractivity contribution in [1.29, 1.82) is 0 Å². The molecule has 3 aromatic rings. The lowest BCUT2D eigenvalue weighted by Crippen LogP contribution is -2.22. The predicted molar refractivity (Wildman–Crippen MR) is 102 cm³/mol. The van der Waals surface area contributed by atoms with Crippen LogP contribution in [-0.2, 0) is 11.3 Å². The van der Waals surface area contributed by atoms with Gasteiger partial charge in [0.15, 0.2) is 0 Å². The largest absolute Gasteiger partial charge is 0.414 e. The monoisotopic (exact) mass is 400 g/mol. The quantitative estimate of drug-likeness (QED) is 0.591. The van der Waals surface area contributed by atoms with E-state index in [0.717, 1.165) is 17.3 Å². The zero-order valence-electron chi connectivity index (χ0n) is 14.9. The van der Waals surface area contributed by atoms with Gasteiger partial charge in [0.05, 0.1) is 12.3 Å². The SMILES string of the molecule is Cc1ccc(NC(=O)CSc2nnc(CNC(=O)c3ccc(F)cc3)o2)cc1. The van der Waals surface area contributed by atoms with Gasteiger partial charge >= 0.3 is 0 Å². The van der Waals surface area contributed by atoms with Crippen molar-refractivity contribution in [1.82, 2.24) is 15.5 Å². The molecule has 28 heavy (non-hydrogen) atoms. The second-order valence-corrected chi connectivity index (χ2v) is 6.78. The molecule has 0 unspecified atom stereocenters. The number of hydrogen-bond acceptors (Lipinski definition) is 6. The first-order chi connectivity index (χ1) is 13.5. The minimum Gasteiger partial charge on any atom is -0.414 e. The molecule has 2 N–H and O–H groups in total. The Morgan fingerprint density at radius 1 is 1.07 bits per heavy atom. The van der Waals surface area contributed by atoms with Crippen molar-refractivity contribution in [3.63, 3.8) is 0 Å². The molecule has 144 valence electrons. The van der Waals surface area contributed by atoms with Crippen LogP contribution in [0.5, 0.6) is 0 Å². The molecule has 0 saturated carbocycles. The molecule has 0 radical (unpaired) electrons. The van der Waals surface area contributed by atoms with Crippen molar-refractivity contribution in [2.24, 2.45) is 0 Å². The van der Waals surface area contributed by atoms with E-state index in [1.165, 1.54) is 24.3 Å². The highest BCUT2D eigenvalue weighted by Crippen LogP contribution is 2.17. The van der Waals surface area contributed by atoms with Gasteiger partial charge in [0.25, 0.3) is 11.1 Å². The highest BCUT2D eigenvalue weighted by Gasteiger charge is 2.12. The molecule has 0 aliphatic carbocycles. The van der Waals surface area contributed by atoms with E-state index in [0.29, 0.717) is 11.3 Å². The molecule has 1 heterocycles. The van der Waals surface area contributed by atoms with Gasteiger partial charge in [-0.1, -0.05) is 29.5 Å². The van der Waals surface area contributed by atoms with Crippen LogP contribution in [0.4, 0.5) is 10.1 Å². The molecule has 0 aliphatic heterocycles. The molecule has 9 heteroatoms. The Hall–Kier alpha value is -3.20. The summed E-state index contributed by atoms with van der Waals surface area (Å²) in [4.78, 5) is 23.9. The fourth-order valence-electron chi connectivity index (χ4n) is 2.19. The van der Waals surface area contributed by atoms with Crippen LogP contribution < -0.4 is 10.6 Å². The standard InChI is InChI=1S/C19H17FN4O3S/c1-12-2-8-15(9-3-12)22-16(25)11-28-19-24-23-17(27-19)10-21-18(26)13-4-6-14(20)7-5-13/h2-9H,10-11H2,1H3,(H,21,26)(H,22,25). The van der Waals surface area contributed by atoms with Crippen LogP contribution in [0.1, 0.15) is 21.8 Å². The van der Waals surface area contributed by atoms with Crippen LogP contribution in [0.15, 0.2) is 58.2 Å². The summed E-state index contributed by atoms with van der Waals surface area (Å²) in [5.74, 6) is -0.682. The Labute approximate surface area is 164 Å². The van der Waals surface area contributed by atoms with E-state index >= 15 is 0 Å². The molecule has 3 rings (SSSR count).